The van der Waals surface area contributed by atoms with E-state index in [-0.39, 0.29) is 11.3 Å². The van der Waals surface area contributed by atoms with Crippen LogP contribution < -0.4 is 5.32 Å². The number of benzene rings is 1. The average Bonchev–Trinajstić information content (AvgIpc) is 2.25. The van der Waals surface area contributed by atoms with Crippen molar-refractivity contribution < 1.29 is 4.21 Å². The summed E-state index contributed by atoms with van der Waals surface area (Å²) in [6.45, 7) is 6.26. The van der Waals surface area contributed by atoms with E-state index >= 15 is 0 Å². The molecule has 3 heteroatoms. The zero-order chi connectivity index (χ0) is 11.7. The van der Waals surface area contributed by atoms with Crippen molar-refractivity contribution in [1.82, 2.24) is 5.32 Å². The number of rotatable bonds is 1. The minimum atomic E-state index is -0.713. The fourth-order valence-electron chi connectivity index (χ4n) is 2.18. The molecule has 1 aliphatic heterocycles. The summed E-state index contributed by atoms with van der Waals surface area (Å²) < 4.78 is 11.9. The lowest BCUT2D eigenvalue weighted by atomic mass is 10.0. The monoisotopic (exact) mass is 237 g/mol. The summed E-state index contributed by atoms with van der Waals surface area (Å²) in [5.74, 6) is 0.767. The Bertz CT molecular complexity index is 387. The second kappa shape index (κ2) is 4.68. The van der Waals surface area contributed by atoms with Crippen LogP contribution in [0, 0.1) is 6.92 Å². The fourth-order valence-corrected chi connectivity index (χ4v) is 3.61. The molecular formula is C13H19NOS. The van der Waals surface area contributed by atoms with Gasteiger partial charge in [-0.25, -0.2) is 0 Å². The van der Waals surface area contributed by atoms with Crippen LogP contribution in [-0.2, 0) is 10.8 Å². The first kappa shape index (κ1) is 11.8. The Morgan fingerprint density at radius 3 is 2.50 bits per heavy atom. The summed E-state index contributed by atoms with van der Waals surface area (Å²) in [5.41, 5.74) is 2.51. The van der Waals surface area contributed by atoms with Crippen LogP contribution in [0.15, 0.2) is 24.3 Å². The van der Waals surface area contributed by atoms with Gasteiger partial charge < -0.3 is 5.32 Å². The van der Waals surface area contributed by atoms with Crippen LogP contribution in [-0.4, -0.2) is 21.3 Å². The van der Waals surface area contributed by atoms with Crippen molar-refractivity contribution >= 4 is 10.8 Å². The maximum absolute atomic E-state index is 11.9. The third kappa shape index (κ3) is 2.36. The third-order valence-electron chi connectivity index (χ3n) is 3.20. The van der Waals surface area contributed by atoms with Gasteiger partial charge in [-0.3, -0.25) is 4.21 Å². The van der Waals surface area contributed by atoms with Gasteiger partial charge in [0.15, 0.2) is 0 Å². The second-order valence-electron chi connectivity index (χ2n) is 4.71. The molecule has 1 aromatic rings. The normalized spacial score (nSPS) is 34.9. The molecule has 2 rings (SSSR count). The molecule has 1 aliphatic rings. The minimum absolute atomic E-state index is 0.193. The van der Waals surface area contributed by atoms with Crippen molar-refractivity contribution in [2.45, 2.75) is 38.1 Å². The van der Waals surface area contributed by atoms with Gasteiger partial charge in [0, 0.05) is 28.6 Å². The van der Waals surface area contributed by atoms with Crippen LogP contribution in [0.5, 0.6) is 0 Å². The van der Waals surface area contributed by atoms with Gasteiger partial charge in [0.25, 0.3) is 0 Å². The Kier molecular flexibility index (Phi) is 3.45. The zero-order valence-corrected chi connectivity index (χ0v) is 10.9. The maximum Gasteiger partial charge on any atom is 0.0515 e. The zero-order valence-electron chi connectivity index (χ0n) is 10.1. The fraction of sp³-hybridized carbons (Fsp3) is 0.538. The molecule has 1 N–H and O–H groups in total. The minimum Gasteiger partial charge on any atom is -0.305 e. The van der Waals surface area contributed by atoms with E-state index in [0.29, 0.717) is 6.04 Å². The van der Waals surface area contributed by atoms with Gasteiger partial charge in [0.1, 0.15) is 0 Å². The largest absolute Gasteiger partial charge is 0.305 e. The first-order chi connectivity index (χ1) is 7.58. The smallest absolute Gasteiger partial charge is 0.0515 e. The van der Waals surface area contributed by atoms with Gasteiger partial charge in [-0.05, 0) is 26.3 Å². The van der Waals surface area contributed by atoms with E-state index in [1.807, 2.05) is 0 Å². The number of hydrogen-bond acceptors (Lipinski definition) is 2. The van der Waals surface area contributed by atoms with E-state index in [4.69, 9.17) is 0 Å². The molecule has 4 unspecified atom stereocenters. The molecule has 88 valence electrons. The van der Waals surface area contributed by atoms with Crippen LogP contribution in [0.2, 0.25) is 0 Å². The highest BCUT2D eigenvalue weighted by Gasteiger charge is 2.31. The molecule has 0 spiro atoms. The average molecular weight is 237 g/mol. The molecular weight excluding hydrogens is 218 g/mol. The van der Waals surface area contributed by atoms with Gasteiger partial charge in [0.05, 0.1) is 5.25 Å². The molecule has 0 aromatic heterocycles. The van der Waals surface area contributed by atoms with E-state index in [2.05, 4.69) is 50.4 Å². The topological polar surface area (TPSA) is 29.1 Å². The van der Waals surface area contributed by atoms with E-state index < -0.39 is 10.8 Å². The van der Waals surface area contributed by atoms with Crippen LogP contribution in [0.25, 0.3) is 0 Å². The van der Waals surface area contributed by atoms with Crippen LogP contribution in [0.3, 0.4) is 0 Å². The van der Waals surface area contributed by atoms with Crippen molar-refractivity contribution in [3.8, 4) is 0 Å². The molecule has 4 atom stereocenters. The molecule has 1 aromatic carbocycles. The molecule has 0 amide bonds. The highest BCUT2D eigenvalue weighted by atomic mass is 32.2. The van der Waals surface area contributed by atoms with Gasteiger partial charge in [-0.15, -0.1) is 0 Å². The molecule has 1 saturated heterocycles. The molecule has 1 heterocycles. The van der Waals surface area contributed by atoms with Crippen LogP contribution in [0.4, 0.5) is 0 Å². The molecule has 2 nitrogen and oxygen atoms in total. The lowest BCUT2D eigenvalue weighted by molar-refractivity contribution is 0.447. The van der Waals surface area contributed by atoms with Crippen LogP contribution >= 0.6 is 0 Å². The Morgan fingerprint density at radius 2 is 1.88 bits per heavy atom. The standard InChI is InChI=1S/C13H19NOS/c1-9-4-6-12(7-5-9)13-11(3)16(15)8-10(2)14-13/h4-7,10-11,13-14H,8H2,1-3H3. The van der Waals surface area contributed by atoms with Gasteiger partial charge in [0.2, 0.25) is 0 Å². The van der Waals surface area contributed by atoms with Crippen molar-refractivity contribution in [2.24, 2.45) is 0 Å². The summed E-state index contributed by atoms with van der Waals surface area (Å²) in [4.78, 5) is 0. The lowest BCUT2D eigenvalue weighted by Gasteiger charge is -2.34. The van der Waals surface area contributed by atoms with Crippen LogP contribution in [0.1, 0.15) is 31.0 Å². The summed E-state index contributed by atoms with van der Waals surface area (Å²) in [5, 5.41) is 3.73. The Hall–Kier alpha value is -0.670. The highest BCUT2D eigenvalue weighted by molar-refractivity contribution is 7.85. The van der Waals surface area contributed by atoms with E-state index in [1.165, 1.54) is 11.1 Å². The van der Waals surface area contributed by atoms with Gasteiger partial charge in [-0.2, -0.15) is 0 Å². The maximum atomic E-state index is 11.9. The summed E-state index contributed by atoms with van der Waals surface area (Å²) >= 11 is 0. The molecule has 16 heavy (non-hydrogen) atoms. The molecule has 0 radical (unpaired) electrons. The summed E-state index contributed by atoms with van der Waals surface area (Å²) in [6.07, 6.45) is 0. The second-order valence-corrected chi connectivity index (χ2v) is 6.55. The Labute approximate surface area is 99.9 Å². The number of nitrogens with one attached hydrogen (secondary N) is 1. The molecule has 0 saturated carbocycles. The lowest BCUT2D eigenvalue weighted by Crippen LogP contribution is -2.47. The summed E-state index contributed by atoms with van der Waals surface area (Å²) in [6, 6.07) is 9.07. The third-order valence-corrected chi connectivity index (χ3v) is 5.13. The molecule has 0 aliphatic carbocycles. The molecule has 0 bridgehead atoms. The first-order valence-corrected chi connectivity index (χ1v) is 7.16. The predicted molar refractivity (Wildman–Crippen MR) is 69.0 cm³/mol. The first-order valence-electron chi connectivity index (χ1n) is 5.77. The SMILES string of the molecule is Cc1ccc(C2NC(C)CS(=O)C2C)cc1. The summed E-state index contributed by atoms with van der Waals surface area (Å²) in [7, 11) is -0.713. The number of aryl methyl sites for hydroxylation is 1. The van der Waals surface area contributed by atoms with E-state index in [1.54, 1.807) is 0 Å². The van der Waals surface area contributed by atoms with Gasteiger partial charge in [-0.1, -0.05) is 29.8 Å². The Morgan fingerprint density at radius 1 is 1.25 bits per heavy atom. The number of hydrogen-bond donors (Lipinski definition) is 1. The van der Waals surface area contributed by atoms with Crippen molar-refractivity contribution in [3.63, 3.8) is 0 Å². The van der Waals surface area contributed by atoms with E-state index in [0.717, 1.165) is 5.75 Å². The quantitative estimate of drug-likeness (QED) is 0.811. The van der Waals surface area contributed by atoms with Crippen molar-refractivity contribution in [2.75, 3.05) is 5.75 Å². The van der Waals surface area contributed by atoms with Gasteiger partial charge >= 0.3 is 0 Å². The predicted octanol–water partition coefficient (Wildman–Crippen LogP) is 2.17. The van der Waals surface area contributed by atoms with Crippen molar-refractivity contribution in [1.29, 1.82) is 0 Å². The molecule has 1 fully saturated rings. The van der Waals surface area contributed by atoms with E-state index in [9.17, 15) is 4.21 Å². The van der Waals surface area contributed by atoms with Crippen molar-refractivity contribution in [3.05, 3.63) is 35.4 Å². The highest BCUT2D eigenvalue weighted by Crippen LogP contribution is 2.25. The Balaban J connectivity index is 2.25.